The Bertz CT molecular complexity index is 1080. The number of carbonyl (C=O) groups is 2. The minimum Gasteiger partial charge on any atom is -0.457 e. The van der Waals surface area contributed by atoms with Gasteiger partial charge in [0.2, 0.25) is 0 Å². The molecule has 10 unspecified atom stereocenters. The molecule has 10 nitrogen and oxygen atoms in total. The number of esters is 1. The Morgan fingerprint density at radius 1 is 1.22 bits per heavy atom. The number of carbonyl (C=O) groups excluding carboxylic acids is 2. The molecule has 3 aliphatic heterocycles. The lowest BCUT2D eigenvalue weighted by atomic mass is 9.91. The fourth-order valence-corrected chi connectivity index (χ4v) is 6.53. The lowest BCUT2D eigenvalue weighted by Gasteiger charge is -2.35. The van der Waals surface area contributed by atoms with Crippen LogP contribution in [0, 0.1) is 17.8 Å². The Kier molecular flexibility index (Phi) is 14.3. The number of aliphatic hydroxyl groups is 3. The number of cyclic esters (lactones) is 1. The van der Waals surface area contributed by atoms with Gasteiger partial charge in [-0.25, -0.2) is 4.79 Å². The van der Waals surface area contributed by atoms with E-state index >= 15 is 0 Å². The highest BCUT2D eigenvalue weighted by molar-refractivity contribution is 5.70. The number of ether oxygens (including phenoxy) is 3. The second kappa shape index (κ2) is 17.2. The van der Waals surface area contributed by atoms with Crippen LogP contribution in [-0.2, 0) is 19.0 Å². The molecule has 0 aromatic heterocycles. The standard InChI is InChI=1S/C36H60N2O8/c1-9-29(40)26(5)34-31(44-34)22-36(6,43)18-10-11-24(3)33-25(4)13-15-30(23(2)12-14-28(39)21-32(41)46-33)45-35(42)38(8)27-16-19-37(7)20-17-27/h10-11,13,15,18,23,25-31,33-34,39-40,43H,9,12,14,16-17,19-22H2,1-8H3. The summed E-state index contributed by atoms with van der Waals surface area (Å²) in [5.74, 6) is -0.783. The minimum absolute atomic E-state index is 0.00644. The molecule has 3 heterocycles. The molecule has 0 aromatic carbocycles. The van der Waals surface area contributed by atoms with E-state index in [-0.39, 0.29) is 48.5 Å². The van der Waals surface area contributed by atoms with E-state index < -0.39 is 36.0 Å². The molecule has 3 aliphatic rings. The molecule has 262 valence electrons. The molecule has 3 rings (SSSR count). The van der Waals surface area contributed by atoms with Crippen molar-refractivity contribution in [1.29, 1.82) is 0 Å². The van der Waals surface area contributed by atoms with Gasteiger partial charge in [-0.05, 0) is 83.7 Å². The summed E-state index contributed by atoms with van der Waals surface area (Å²) in [6, 6.07) is 0.135. The van der Waals surface area contributed by atoms with Crippen LogP contribution in [0.3, 0.4) is 0 Å². The molecule has 10 atom stereocenters. The molecule has 2 fully saturated rings. The van der Waals surface area contributed by atoms with Crippen molar-refractivity contribution >= 4 is 12.1 Å². The second-order valence-electron chi connectivity index (χ2n) is 14.4. The highest BCUT2D eigenvalue weighted by Crippen LogP contribution is 2.37. The third kappa shape index (κ3) is 11.5. The SMILES string of the molecule is CCC(O)C(C)C1OC1CC(C)(O)C=CC=C(C)C1OC(=O)CC(O)CCC(C)C(OC(=O)N(C)C2CCN(C)CC2)C=CC1C. The maximum absolute atomic E-state index is 13.2. The van der Waals surface area contributed by atoms with Crippen LogP contribution in [0.1, 0.15) is 86.5 Å². The first-order chi connectivity index (χ1) is 21.6. The molecule has 10 heteroatoms. The van der Waals surface area contributed by atoms with E-state index in [1.807, 2.05) is 52.8 Å². The van der Waals surface area contributed by atoms with Crippen molar-refractivity contribution in [3.63, 3.8) is 0 Å². The predicted molar refractivity (Wildman–Crippen MR) is 178 cm³/mol. The minimum atomic E-state index is -1.13. The third-order valence-electron chi connectivity index (χ3n) is 10.1. The zero-order chi connectivity index (χ0) is 34.2. The normalized spacial score (nSPS) is 33.3. The smallest absolute Gasteiger partial charge is 0.410 e. The van der Waals surface area contributed by atoms with Gasteiger partial charge in [0.15, 0.2) is 0 Å². The van der Waals surface area contributed by atoms with Gasteiger partial charge in [-0.1, -0.05) is 52.0 Å². The van der Waals surface area contributed by atoms with Gasteiger partial charge in [0, 0.05) is 31.3 Å². The van der Waals surface area contributed by atoms with Crippen molar-refractivity contribution < 1.29 is 39.1 Å². The van der Waals surface area contributed by atoms with Gasteiger partial charge in [0.25, 0.3) is 0 Å². The molecular formula is C36H60N2O8. The van der Waals surface area contributed by atoms with Gasteiger partial charge < -0.3 is 39.3 Å². The van der Waals surface area contributed by atoms with E-state index in [0.717, 1.165) is 31.5 Å². The first-order valence-electron chi connectivity index (χ1n) is 17.2. The maximum Gasteiger partial charge on any atom is 0.410 e. The first-order valence-corrected chi connectivity index (χ1v) is 17.2. The van der Waals surface area contributed by atoms with Crippen LogP contribution in [0.25, 0.3) is 0 Å². The molecule has 2 saturated heterocycles. The van der Waals surface area contributed by atoms with Crippen molar-refractivity contribution in [2.75, 3.05) is 27.2 Å². The predicted octanol–water partition coefficient (Wildman–Crippen LogP) is 4.62. The van der Waals surface area contributed by atoms with Gasteiger partial charge in [-0.3, -0.25) is 4.79 Å². The molecule has 0 radical (unpaired) electrons. The van der Waals surface area contributed by atoms with Crippen LogP contribution in [0.4, 0.5) is 4.79 Å². The lowest BCUT2D eigenvalue weighted by molar-refractivity contribution is -0.151. The highest BCUT2D eigenvalue weighted by Gasteiger charge is 2.47. The molecule has 1 amide bonds. The number of amides is 1. The molecular weight excluding hydrogens is 588 g/mol. The van der Waals surface area contributed by atoms with Gasteiger partial charge in [-0.15, -0.1) is 0 Å². The van der Waals surface area contributed by atoms with E-state index in [1.54, 1.807) is 31.0 Å². The average Bonchev–Trinajstić information content (AvgIpc) is 3.76. The van der Waals surface area contributed by atoms with Crippen LogP contribution in [0.2, 0.25) is 0 Å². The Balaban J connectivity index is 1.71. The molecule has 0 aromatic rings. The molecule has 0 bridgehead atoms. The summed E-state index contributed by atoms with van der Waals surface area (Å²) >= 11 is 0. The van der Waals surface area contributed by atoms with Crippen molar-refractivity contribution in [3.8, 4) is 0 Å². The van der Waals surface area contributed by atoms with Crippen LogP contribution in [0.5, 0.6) is 0 Å². The van der Waals surface area contributed by atoms with Gasteiger partial charge >= 0.3 is 12.1 Å². The van der Waals surface area contributed by atoms with Crippen LogP contribution in [-0.4, -0.2) is 113 Å². The van der Waals surface area contributed by atoms with Gasteiger partial charge in [-0.2, -0.15) is 0 Å². The Labute approximate surface area is 276 Å². The molecule has 46 heavy (non-hydrogen) atoms. The van der Waals surface area contributed by atoms with Crippen LogP contribution < -0.4 is 0 Å². The Hall–Kier alpha value is -2.24. The van der Waals surface area contributed by atoms with E-state index in [2.05, 4.69) is 11.9 Å². The summed E-state index contributed by atoms with van der Waals surface area (Å²) < 4.78 is 17.7. The largest absolute Gasteiger partial charge is 0.457 e. The third-order valence-corrected chi connectivity index (χ3v) is 10.1. The first kappa shape index (κ1) is 38.2. The summed E-state index contributed by atoms with van der Waals surface area (Å²) in [5.41, 5.74) is -0.354. The maximum atomic E-state index is 13.2. The lowest BCUT2D eigenvalue weighted by Crippen LogP contribution is -2.45. The number of hydrogen-bond donors (Lipinski definition) is 3. The number of likely N-dealkylation sites (tertiary alicyclic amines) is 1. The number of piperidine rings is 1. The Morgan fingerprint density at radius 3 is 2.54 bits per heavy atom. The summed E-state index contributed by atoms with van der Waals surface area (Å²) in [6.45, 7) is 13.3. The van der Waals surface area contributed by atoms with Gasteiger partial charge in [0.1, 0.15) is 12.2 Å². The average molecular weight is 649 g/mol. The fraction of sp³-hybridized carbons (Fsp3) is 0.778. The second-order valence-corrected chi connectivity index (χ2v) is 14.4. The summed E-state index contributed by atoms with van der Waals surface area (Å²) in [4.78, 5) is 30.0. The van der Waals surface area contributed by atoms with E-state index in [0.29, 0.717) is 25.7 Å². The van der Waals surface area contributed by atoms with Crippen LogP contribution >= 0.6 is 0 Å². The van der Waals surface area contributed by atoms with E-state index in [1.165, 1.54) is 0 Å². The van der Waals surface area contributed by atoms with Crippen LogP contribution in [0.15, 0.2) is 36.0 Å². The van der Waals surface area contributed by atoms with E-state index in [4.69, 9.17) is 14.2 Å². The fourth-order valence-electron chi connectivity index (χ4n) is 6.53. The van der Waals surface area contributed by atoms with Gasteiger partial charge in [0.05, 0.1) is 36.4 Å². The molecule has 0 saturated carbocycles. The molecule has 0 spiro atoms. The van der Waals surface area contributed by atoms with Crippen molar-refractivity contribution in [2.24, 2.45) is 17.8 Å². The summed E-state index contributed by atoms with van der Waals surface area (Å²) in [6.07, 6.45) is 9.91. The molecule has 3 N–H and O–H groups in total. The zero-order valence-corrected chi connectivity index (χ0v) is 29.3. The topological polar surface area (TPSA) is 132 Å². The number of nitrogens with zero attached hydrogens (tertiary/aromatic N) is 2. The molecule has 0 aliphatic carbocycles. The number of allylic oxidation sites excluding steroid dienone is 2. The number of aliphatic hydroxyl groups excluding tert-OH is 2. The summed E-state index contributed by atoms with van der Waals surface area (Å²) in [7, 11) is 3.89. The number of epoxide rings is 1. The monoisotopic (exact) mass is 648 g/mol. The summed E-state index contributed by atoms with van der Waals surface area (Å²) in [5, 5.41) is 31.7. The number of hydrogen-bond acceptors (Lipinski definition) is 9. The highest BCUT2D eigenvalue weighted by atomic mass is 16.6. The quantitative estimate of drug-likeness (QED) is 0.134. The van der Waals surface area contributed by atoms with Crippen molar-refractivity contribution in [3.05, 3.63) is 36.0 Å². The Morgan fingerprint density at radius 2 is 1.89 bits per heavy atom. The number of rotatable bonds is 10. The zero-order valence-electron chi connectivity index (χ0n) is 29.3. The van der Waals surface area contributed by atoms with E-state index in [9.17, 15) is 24.9 Å². The van der Waals surface area contributed by atoms with Crippen molar-refractivity contribution in [2.45, 2.75) is 135 Å². The van der Waals surface area contributed by atoms with Crippen molar-refractivity contribution in [1.82, 2.24) is 9.80 Å².